The molecule has 2 N–H and O–H groups in total. The van der Waals surface area contributed by atoms with Crippen molar-refractivity contribution in [2.75, 3.05) is 18.4 Å². The van der Waals surface area contributed by atoms with Crippen molar-refractivity contribution in [1.82, 2.24) is 15.3 Å². The summed E-state index contributed by atoms with van der Waals surface area (Å²) < 4.78 is 0. The Bertz CT molecular complexity index is 468. The molecule has 5 nitrogen and oxygen atoms in total. The van der Waals surface area contributed by atoms with E-state index in [-0.39, 0.29) is 11.8 Å². The number of aromatic nitrogens is 2. The summed E-state index contributed by atoms with van der Waals surface area (Å²) in [5.41, 5.74) is 2.30. The van der Waals surface area contributed by atoms with Crippen molar-refractivity contribution < 1.29 is 4.79 Å². The van der Waals surface area contributed by atoms with E-state index >= 15 is 0 Å². The van der Waals surface area contributed by atoms with Crippen molar-refractivity contribution in [3.05, 3.63) is 17.6 Å². The molecule has 3 rings (SSSR count). The van der Waals surface area contributed by atoms with Gasteiger partial charge in [-0.25, -0.2) is 9.97 Å². The summed E-state index contributed by atoms with van der Waals surface area (Å²) in [4.78, 5) is 20.3. The summed E-state index contributed by atoms with van der Waals surface area (Å²) in [6, 6.07) is 0. The van der Waals surface area contributed by atoms with Crippen LogP contribution in [0.4, 0.5) is 5.82 Å². The van der Waals surface area contributed by atoms with Crippen LogP contribution in [0.5, 0.6) is 0 Å². The summed E-state index contributed by atoms with van der Waals surface area (Å²) in [6.45, 7) is 4.18. The molecule has 1 aromatic rings. The van der Waals surface area contributed by atoms with E-state index in [0.29, 0.717) is 12.3 Å². The van der Waals surface area contributed by atoms with Gasteiger partial charge in [-0.2, -0.15) is 0 Å². The molecule has 2 aliphatic rings. The second-order valence-electron chi connectivity index (χ2n) is 5.20. The molecule has 2 aliphatic heterocycles. The van der Waals surface area contributed by atoms with E-state index < -0.39 is 0 Å². The van der Waals surface area contributed by atoms with Crippen molar-refractivity contribution in [1.29, 1.82) is 0 Å². The molecular formula is C13H18N4O. The highest BCUT2D eigenvalue weighted by Gasteiger charge is 2.29. The summed E-state index contributed by atoms with van der Waals surface area (Å²) in [5.74, 6) is 1.51. The predicted octanol–water partition coefficient (Wildman–Crippen LogP) is 1.39. The molecule has 0 aliphatic carbocycles. The Morgan fingerprint density at radius 2 is 2.06 bits per heavy atom. The van der Waals surface area contributed by atoms with E-state index in [1.54, 1.807) is 6.33 Å². The van der Waals surface area contributed by atoms with Gasteiger partial charge in [0.05, 0.1) is 5.69 Å². The molecular weight excluding hydrogens is 228 g/mol. The van der Waals surface area contributed by atoms with Crippen LogP contribution < -0.4 is 10.6 Å². The van der Waals surface area contributed by atoms with Crippen molar-refractivity contribution in [2.45, 2.75) is 38.0 Å². The van der Waals surface area contributed by atoms with Gasteiger partial charge < -0.3 is 10.6 Å². The fraction of sp³-hybridized carbons (Fsp3) is 0.615. The van der Waals surface area contributed by atoms with E-state index in [1.165, 1.54) is 0 Å². The first kappa shape index (κ1) is 11.6. The van der Waals surface area contributed by atoms with Crippen LogP contribution in [-0.2, 0) is 4.79 Å². The van der Waals surface area contributed by atoms with Gasteiger partial charge in [0.15, 0.2) is 0 Å². The van der Waals surface area contributed by atoms with Gasteiger partial charge in [-0.15, -0.1) is 0 Å². The fourth-order valence-corrected chi connectivity index (χ4v) is 2.98. The molecule has 3 heterocycles. The van der Waals surface area contributed by atoms with Crippen LogP contribution in [0, 0.1) is 0 Å². The Labute approximate surface area is 106 Å². The molecule has 0 unspecified atom stereocenters. The molecule has 0 spiro atoms. The number of nitrogens with one attached hydrogen (secondary N) is 2. The van der Waals surface area contributed by atoms with Crippen LogP contribution in [0.1, 0.15) is 49.3 Å². The molecule has 0 radical (unpaired) electrons. The van der Waals surface area contributed by atoms with Crippen LogP contribution in [0.2, 0.25) is 0 Å². The van der Waals surface area contributed by atoms with Gasteiger partial charge in [0.1, 0.15) is 12.1 Å². The Morgan fingerprint density at radius 1 is 1.28 bits per heavy atom. The van der Waals surface area contributed by atoms with E-state index in [9.17, 15) is 4.79 Å². The van der Waals surface area contributed by atoms with Crippen LogP contribution in [-0.4, -0.2) is 29.0 Å². The quantitative estimate of drug-likeness (QED) is 0.785. The van der Waals surface area contributed by atoms with Crippen LogP contribution in [0.3, 0.4) is 0 Å². The van der Waals surface area contributed by atoms with Crippen molar-refractivity contribution >= 4 is 11.7 Å². The second kappa shape index (κ2) is 4.65. The topological polar surface area (TPSA) is 66.9 Å². The second-order valence-corrected chi connectivity index (χ2v) is 5.20. The summed E-state index contributed by atoms with van der Waals surface area (Å²) in [6.07, 6.45) is 4.35. The Kier molecular flexibility index (Phi) is 2.99. The number of hydrogen-bond donors (Lipinski definition) is 2. The number of piperidine rings is 1. The highest BCUT2D eigenvalue weighted by atomic mass is 16.1. The monoisotopic (exact) mass is 246 g/mol. The first-order valence-corrected chi connectivity index (χ1v) is 6.61. The van der Waals surface area contributed by atoms with E-state index in [4.69, 9.17) is 0 Å². The van der Waals surface area contributed by atoms with E-state index in [0.717, 1.165) is 43.0 Å². The van der Waals surface area contributed by atoms with Gasteiger partial charge in [0.25, 0.3) is 0 Å². The molecule has 0 aromatic carbocycles. The smallest absolute Gasteiger partial charge is 0.226 e. The molecule has 1 saturated heterocycles. The minimum absolute atomic E-state index is 0.0601. The SMILES string of the molecule is C[C@@H]1CC(=O)Nc2ncnc(C3CCNCC3)c21. The highest BCUT2D eigenvalue weighted by Crippen LogP contribution is 2.37. The Balaban J connectivity index is 2.00. The van der Waals surface area contributed by atoms with E-state index in [1.807, 2.05) is 0 Å². The van der Waals surface area contributed by atoms with Gasteiger partial charge in [-0.3, -0.25) is 4.79 Å². The summed E-state index contributed by atoms with van der Waals surface area (Å²) >= 11 is 0. The molecule has 1 aromatic heterocycles. The lowest BCUT2D eigenvalue weighted by Gasteiger charge is -2.29. The molecule has 18 heavy (non-hydrogen) atoms. The zero-order chi connectivity index (χ0) is 12.5. The molecule has 5 heteroatoms. The number of amides is 1. The standard InChI is InChI=1S/C13H18N4O/c1-8-6-10(18)17-13-11(8)12(15-7-16-13)9-2-4-14-5-3-9/h7-9,14H,2-6H2,1H3,(H,15,16,17,18)/t8-/m1/s1. The molecule has 0 bridgehead atoms. The molecule has 1 fully saturated rings. The number of fused-ring (bicyclic) bond motifs is 1. The van der Waals surface area contributed by atoms with Crippen molar-refractivity contribution in [2.24, 2.45) is 0 Å². The molecule has 0 saturated carbocycles. The third-order valence-corrected chi connectivity index (χ3v) is 3.88. The Morgan fingerprint density at radius 3 is 2.83 bits per heavy atom. The van der Waals surface area contributed by atoms with Crippen LogP contribution in [0.15, 0.2) is 6.33 Å². The van der Waals surface area contributed by atoms with Gasteiger partial charge >= 0.3 is 0 Å². The van der Waals surface area contributed by atoms with Crippen LogP contribution >= 0.6 is 0 Å². The fourth-order valence-electron chi connectivity index (χ4n) is 2.98. The number of nitrogens with zero attached hydrogens (tertiary/aromatic N) is 2. The maximum absolute atomic E-state index is 11.5. The van der Waals surface area contributed by atoms with Crippen molar-refractivity contribution in [3.8, 4) is 0 Å². The van der Waals surface area contributed by atoms with Crippen LogP contribution in [0.25, 0.3) is 0 Å². The van der Waals surface area contributed by atoms with Gasteiger partial charge in [-0.1, -0.05) is 6.92 Å². The predicted molar refractivity (Wildman–Crippen MR) is 68.5 cm³/mol. The lowest BCUT2D eigenvalue weighted by Crippen LogP contribution is -2.30. The van der Waals surface area contributed by atoms with Crippen molar-refractivity contribution in [3.63, 3.8) is 0 Å². The normalized spacial score (nSPS) is 24.5. The Hall–Kier alpha value is -1.49. The number of anilines is 1. The summed E-state index contributed by atoms with van der Waals surface area (Å²) in [5, 5.41) is 6.23. The lowest BCUT2D eigenvalue weighted by atomic mass is 9.85. The molecule has 1 amide bonds. The van der Waals surface area contributed by atoms with Gasteiger partial charge in [-0.05, 0) is 31.8 Å². The largest absolute Gasteiger partial charge is 0.317 e. The maximum Gasteiger partial charge on any atom is 0.226 e. The highest BCUT2D eigenvalue weighted by molar-refractivity contribution is 5.93. The number of carbonyl (C=O) groups excluding carboxylic acids is 1. The minimum atomic E-state index is 0.0601. The average Bonchev–Trinajstić information content (AvgIpc) is 2.38. The average molecular weight is 246 g/mol. The number of hydrogen-bond acceptors (Lipinski definition) is 4. The van der Waals surface area contributed by atoms with Gasteiger partial charge in [0, 0.05) is 17.9 Å². The maximum atomic E-state index is 11.5. The summed E-state index contributed by atoms with van der Waals surface area (Å²) in [7, 11) is 0. The zero-order valence-corrected chi connectivity index (χ0v) is 10.6. The molecule has 96 valence electrons. The molecule has 1 atom stereocenters. The number of rotatable bonds is 1. The van der Waals surface area contributed by atoms with Gasteiger partial charge in [0.2, 0.25) is 5.91 Å². The number of carbonyl (C=O) groups is 1. The zero-order valence-electron chi connectivity index (χ0n) is 10.6. The lowest BCUT2D eigenvalue weighted by molar-refractivity contribution is -0.116. The first-order valence-electron chi connectivity index (χ1n) is 6.61. The third kappa shape index (κ3) is 1.99. The third-order valence-electron chi connectivity index (χ3n) is 3.88. The minimum Gasteiger partial charge on any atom is -0.317 e. The van der Waals surface area contributed by atoms with E-state index in [2.05, 4.69) is 27.5 Å². The first-order chi connectivity index (χ1) is 8.75.